The van der Waals surface area contributed by atoms with Crippen molar-refractivity contribution in [2.45, 2.75) is 6.18 Å². The number of rotatable bonds is 1. The van der Waals surface area contributed by atoms with Crippen molar-refractivity contribution in [3.8, 4) is 0 Å². The van der Waals surface area contributed by atoms with Crippen LogP contribution in [-0.4, -0.2) is 19.8 Å². The highest BCUT2D eigenvalue weighted by molar-refractivity contribution is 5.29. The Morgan fingerprint density at radius 2 is 2.17 bits per heavy atom. The van der Waals surface area contributed by atoms with E-state index in [1.165, 1.54) is 6.20 Å². The fourth-order valence-electron chi connectivity index (χ4n) is 0.878. The molecule has 0 aromatic carbocycles. The summed E-state index contributed by atoms with van der Waals surface area (Å²) in [5, 5.41) is 5.16. The zero-order chi connectivity index (χ0) is 9.19. The molecule has 0 saturated heterocycles. The monoisotopic (exact) mass is 178 g/mol. The van der Waals surface area contributed by atoms with E-state index < -0.39 is 11.7 Å². The van der Waals surface area contributed by atoms with Gasteiger partial charge in [0.2, 0.25) is 0 Å². The van der Waals surface area contributed by atoms with Gasteiger partial charge in [-0.1, -0.05) is 0 Å². The first-order valence-corrected chi connectivity index (χ1v) is 3.43. The number of alkyl halides is 3. The number of nitrogens with one attached hydrogen (secondary N) is 2. The zero-order valence-corrected chi connectivity index (χ0v) is 6.50. The molecular weight excluding hydrogens is 169 g/mol. The molecule has 1 aliphatic heterocycles. The van der Waals surface area contributed by atoms with Crippen LogP contribution in [0.25, 0.3) is 0 Å². The van der Waals surface area contributed by atoms with E-state index >= 15 is 0 Å². The predicted molar refractivity (Wildman–Crippen MR) is 39.3 cm³/mol. The van der Waals surface area contributed by atoms with E-state index in [2.05, 4.69) is 10.6 Å². The van der Waals surface area contributed by atoms with Gasteiger partial charge >= 0.3 is 6.18 Å². The van der Waals surface area contributed by atoms with Crippen molar-refractivity contribution in [1.82, 2.24) is 10.6 Å². The fraction of sp³-hybridized carbons (Fsp3) is 0.429. The molecule has 1 rings (SSSR count). The lowest BCUT2D eigenvalue weighted by Crippen LogP contribution is -2.27. The molecule has 0 bridgehead atoms. The SMILES string of the molecule is CNC1=CNCC(C(F)(F)F)=C1. The lowest BCUT2D eigenvalue weighted by Gasteiger charge is -2.17. The van der Waals surface area contributed by atoms with E-state index in [0.717, 1.165) is 6.08 Å². The molecule has 68 valence electrons. The molecule has 2 N–H and O–H groups in total. The first-order valence-electron chi connectivity index (χ1n) is 3.43. The summed E-state index contributed by atoms with van der Waals surface area (Å²) in [5.41, 5.74) is -0.122. The summed E-state index contributed by atoms with van der Waals surface area (Å²) < 4.78 is 36.3. The highest BCUT2D eigenvalue weighted by Crippen LogP contribution is 2.26. The molecule has 0 amide bonds. The molecular formula is C7H9F3N2. The van der Waals surface area contributed by atoms with Crippen LogP contribution >= 0.6 is 0 Å². The van der Waals surface area contributed by atoms with Crippen LogP contribution in [0.5, 0.6) is 0 Å². The van der Waals surface area contributed by atoms with Crippen LogP contribution in [0, 0.1) is 0 Å². The molecule has 2 nitrogen and oxygen atoms in total. The van der Waals surface area contributed by atoms with Gasteiger partial charge in [0.05, 0.1) is 11.3 Å². The molecule has 1 aliphatic rings. The first kappa shape index (κ1) is 8.96. The normalized spacial score (nSPS) is 17.7. The van der Waals surface area contributed by atoms with Gasteiger partial charge in [0.1, 0.15) is 0 Å². The van der Waals surface area contributed by atoms with E-state index in [1.54, 1.807) is 7.05 Å². The van der Waals surface area contributed by atoms with E-state index in [0.29, 0.717) is 5.70 Å². The molecule has 0 radical (unpaired) electrons. The number of likely N-dealkylation sites (N-methyl/N-ethyl adjacent to an activating group) is 1. The predicted octanol–water partition coefficient (Wildman–Crippen LogP) is 1.14. The maximum Gasteiger partial charge on any atom is 0.414 e. The molecule has 0 aromatic rings. The second kappa shape index (κ2) is 3.08. The standard InChI is InChI=1S/C7H9F3N2/c1-11-6-2-5(3-12-4-6)7(8,9)10/h2,4,11-12H,3H2,1H3. The second-order valence-electron chi connectivity index (χ2n) is 2.40. The summed E-state index contributed by atoms with van der Waals surface area (Å²) in [4.78, 5) is 0. The van der Waals surface area contributed by atoms with Gasteiger partial charge in [0.25, 0.3) is 0 Å². The van der Waals surface area contributed by atoms with Crippen molar-refractivity contribution in [2.75, 3.05) is 13.6 Å². The molecule has 0 atom stereocenters. The Hall–Kier alpha value is -1.13. The largest absolute Gasteiger partial charge is 0.414 e. The number of dihydropyridines is 1. The number of hydrogen-bond acceptors (Lipinski definition) is 2. The highest BCUT2D eigenvalue weighted by atomic mass is 19.4. The molecule has 1 heterocycles. The Labute approximate surface area is 68.1 Å². The Morgan fingerprint density at radius 1 is 1.50 bits per heavy atom. The van der Waals surface area contributed by atoms with E-state index in [9.17, 15) is 13.2 Å². The van der Waals surface area contributed by atoms with E-state index in [-0.39, 0.29) is 6.54 Å². The number of hydrogen-bond donors (Lipinski definition) is 2. The van der Waals surface area contributed by atoms with E-state index in [4.69, 9.17) is 0 Å². The third-order valence-corrected chi connectivity index (χ3v) is 1.53. The van der Waals surface area contributed by atoms with Crippen molar-refractivity contribution >= 4 is 0 Å². The molecule has 12 heavy (non-hydrogen) atoms. The Balaban J connectivity index is 2.80. The number of halogens is 3. The molecule has 0 unspecified atom stereocenters. The van der Waals surface area contributed by atoms with Crippen molar-refractivity contribution in [3.63, 3.8) is 0 Å². The second-order valence-corrected chi connectivity index (χ2v) is 2.40. The minimum Gasteiger partial charge on any atom is -0.387 e. The zero-order valence-electron chi connectivity index (χ0n) is 6.50. The quantitative estimate of drug-likeness (QED) is 0.629. The van der Waals surface area contributed by atoms with E-state index in [1.807, 2.05) is 0 Å². The van der Waals surface area contributed by atoms with Crippen LogP contribution in [0.3, 0.4) is 0 Å². The van der Waals surface area contributed by atoms with Crippen LogP contribution in [-0.2, 0) is 0 Å². The van der Waals surface area contributed by atoms with Crippen molar-refractivity contribution < 1.29 is 13.2 Å². The average Bonchev–Trinajstić information content (AvgIpc) is 2.03. The summed E-state index contributed by atoms with van der Waals surface area (Å²) in [5.74, 6) is 0. The van der Waals surface area contributed by atoms with Crippen molar-refractivity contribution in [1.29, 1.82) is 0 Å². The van der Waals surface area contributed by atoms with Gasteiger partial charge < -0.3 is 10.6 Å². The lowest BCUT2D eigenvalue weighted by atomic mass is 10.2. The van der Waals surface area contributed by atoms with Crippen LogP contribution in [0.4, 0.5) is 13.2 Å². The maximum absolute atomic E-state index is 12.1. The Morgan fingerprint density at radius 3 is 2.67 bits per heavy atom. The van der Waals surface area contributed by atoms with Crippen LogP contribution in [0.2, 0.25) is 0 Å². The molecule has 0 saturated carbocycles. The average molecular weight is 178 g/mol. The first-order chi connectivity index (χ1) is 5.54. The van der Waals surface area contributed by atoms with Crippen LogP contribution in [0.15, 0.2) is 23.5 Å². The summed E-state index contributed by atoms with van der Waals surface area (Å²) in [6.45, 7) is -0.158. The number of allylic oxidation sites excluding steroid dienone is 1. The third kappa shape index (κ3) is 1.93. The summed E-state index contributed by atoms with van der Waals surface area (Å²) in [6, 6.07) is 0. The van der Waals surface area contributed by atoms with Gasteiger partial charge in [-0.05, 0) is 6.08 Å². The fourth-order valence-corrected chi connectivity index (χ4v) is 0.878. The molecule has 0 spiro atoms. The van der Waals surface area contributed by atoms with Crippen LogP contribution < -0.4 is 10.6 Å². The minimum absolute atomic E-state index is 0.158. The van der Waals surface area contributed by atoms with Gasteiger partial charge in [0.15, 0.2) is 0 Å². The molecule has 0 aromatic heterocycles. The third-order valence-electron chi connectivity index (χ3n) is 1.53. The lowest BCUT2D eigenvalue weighted by molar-refractivity contribution is -0.0929. The van der Waals surface area contributed by atoms with Crippen molar-refractivity contribution in [2.24, 2.45) is 0 Å². The molecule has 0 aliphatic carbocycles. The highest BCUT2D eigenvalue weighted by Gasteiger charge is 2.33. The smallest absolute Gasteiger partial charge is 0.387 e. The summed E-state index contributed by atoms with van der Waals surface area (Å²) >= 11 is 0. The minimum atomic E-state index is -4.23. The maximum atomic E-state index is 12.1. The summed E-state index contributed by atoms with van der Waals surface area (Å²) in [6.07, 6.45) is -1.63. The molecule has 0 fully saturated rings. The van der Waals surface area contributed by atoms with Crippen LogP contribution in [0.1, 0.15) is 0 Å². The van der Waals surface area contributed by atoms with Gasteiger partial charge in [-0.3, -0.25) is 0 Å². The summed E-state index contributed by atoms with van der Waals surface area (Å²) in [7, 11) is 1.57. The van der Waals surface area contributed by atoms with Gasteiger partial charge in [-0.2, -0.15) is 13.2 Å². The topological polar surface area (TPSA) is 24.1 Å². The molecule has 5 heteroatoms. The Bertz CT molecular complexity index is 227. The van der Waals surface area contributed by atoms with Gasteiger partial charge in [0, 0.05) is 19.8 Å². The Kier molecular flexibility index (Phi) is 2.30. The van der Waals surface area contributed by atoms with Crippen molar-refractivity contribution in [3.05, 3.63) is 23.5 Å². The van der Waals surface area contributed by atoms with Gasteiger partial charge in [-0.15, -0.1) is 0 Å². The van der Waals surface area contributed by atoms with Gasteiger partial charge in [-0.25, -0.2) is 0 Å².